The van der Waals surface area contributed by atoms with E-state index in [0.717, 1.165) is 31.7 Å². The zero-order valence-electron chi connectivity index (χ0n) is 15.3. The Morgan fingerprint density at radius 3 is 2.68 bits per heavy atom. The van der Waals surface area contributed by atoms with Crippen molar-refractivity contribution in [3.05, 3.63) is 30.3 Å². The van der Waals surface area contributed by atoms with Gasteiger partial charge in [0.25, 0.3) is 0 Å². The molecule has 3 N–H and O–H groups in total. The van der Waals surface area contributed by atoms with Gasteiger partial charge in [0.1, 0.15) is 0 Å². The largest absolute Gasteiger partial charge is 0.338 e. The van der Waals surface area contributed by atoms with Gasteiger partial charge < -0.3 is 20.9 Å². The number of carbonyl (C=O) groups is 2. The van der Waals surface area contributed by atoms with E-state index in [2.05, 4.69) is 34.7 Å². The second-order valence-corrected chi connectivity index (χ2v) is 7.11. The molecule has 0 bridgehead atoms. The van der Waals surface area contributed by atoms with Gasteiger partial charge >= 0.3 is 6.03 Å². The highest BCUT2D eigenvalue weighted by Gasteiger charge is 2.22. The lowest BCUT2D eigenvalue weighted by atomic mass is 10.1. The van der Waals surface area contributed by atoms with Crippen LogP contribution in [0.25, 0.3) is 0 Å². The fourth-order valence-electron chi connectivity index (χ4n) is 3.10. The maximum Gasteiger partial charge on any atom is 0.314 e. The fourth-order valence-corrected chi connectivity index (χ4v) is 3.10. The lowest BCUT2D eigenvalue weighted by molar-refractivity contribution is -0.116. The van der Waals surface area contributed by atoms with Gasteiger partial charge in [-0.2, -0.15) is 0 Å². The van der Waals surface area contributed by atoms with Crippen molar-refractivity contribution in [3.8, 4) is 0 Å². The topological polar surface area (TPSA) is 73.5 Å². The van der Waals surface area contributed by atoms with Crippen molar-refractivity contribution < 1.29 is 9.59 Å². The third-order valence-corrected chi connectivity index (χ3v) is 4.24. The highest BCUT2D eigenvalue weighted by atomic mass is 16.2. The van der Waals surface area contributed by atoms with Crippen LogP contribution in [0.4, 0.5) is 10.5 Å². The molecule has 2 rings (SSSR count). The Bertz CT molecular complexity index is 548. The summed E-state index contributed by atoms with van der Waals surface area (Å²) >= 11 is 0. The second kappa shape index (κ2) is 10.0. The van der Waals surface area contributed by atoms with Crippen LogP contribution in [0.15, 0.2) is 30.3 Å². The smallest absolute Gasteiger partial charge is 0.314 e. The number of likely N-dealkylation sites (tertiary alicyclic amines) is 1. The summed E-state index contributed by atoms with van der Waals surface area (Å²) in [6.45, 7) is 8.77. The molecular weight excluding hydrogens is 316 g/mol. The van der Waals surface area contributed by atoms with Crippen molar-refractivity contribution in [2.75, 3.05) is 38.0 Å². The first-order valence-corrected chi connectivity index (χ1v) is 9.12. The Morgan fingerprint density at radius 2 is 1.96 bits per heavy atom. The number of nitrogens with zero attached hydrogens (tertiary/aromatic N) is 1. The van der Waals surface area contributed by atoms with Crippen molar-refractivity contribution in [2.24, 2.45) is 11.8 Å². The molecule has 0 radical (unpaired) electrons. The summed E-state index contributed by atoms with van der Waals surface area (Å²) in [6.07, 6.45) is 1.39. The summed E-state index contributed by atoms with van der Waals surface area (Å²) in [4.78, 5) is 26.1. The SMILES string of the molecule is CC(C)CN1CCC(CNC(=O)NCCC(=O)Nc2ccccc2)C1. The molecule has 1 atom stereocenters. The van der Waals surface area contributed by atoms with E-state index >= 15 is 0 Å². The number of hydrogen-bond acceptors (Lipinski definition) is 3. The quantitative estimate of drug-likeness (QED) is 0.676. The van der Waals surface area contributed by atoms with E-state index in [1.807, 2.05) is 30.3 Å². The van der Waals surface area contributed by atoms with Crippen molar-refractivity contribution in [2.45, 2.75) is 26.7 Å². The van der Waals surface area contributed by atoms with E-state index in [-0.39, 0.29) is 18.4 Å². The predicted octanol–water partition coefficient (Wildman–Crippen LogP) is 2.29. The van der Waals surface area contributed by atoms with Gasteiger partial charge in [-0.15, -0.1) is 0 Å². The van der Waals surface area contributed by atoms with Gasteiger partial charge in [0, 0.05) is 38.3 Å². The molecule has 138 valence electrons. The molecule has 0 saturated carbocycles. The Balaban J connectivity index is 1.55. The van der Waals surface area contributed by atoms with Crippen LogP contribution in [0.5, 0.6) is 0 Å². The lowest BCUT2D eigenvalue weighted by Gasteiger charge is -2.18. The summed E-state index contributed by atoms with van der Waals surface area (Å²) in [5.74, 6) is 1.09. The molecule has 1 aliphatic rings. The molecule has 1 aliphatic heterocycles. The maximum atomic E-state index is 11.8. The van der Waals surface area contributed by atoms with Crippen molar-refractivity contribution in [1.82, 2.24) is 15.5 Å². The average molecular weight is 346 g/mol. The van der Waals surface area contributed by atoms with E-state index in [1.165, 1.54) is 0 Å². The minimum absolute atomic E-state index is 0.105. The number of rotatable bonds is 8. The van der Waals surface area contributed by atoms with Crippen LogP contribution in [-0.4, -0.2) is 49.6 Å². The number of benzene rings is 1. The molecule has 25 heavy (non-hydrogen) atoms. The van der Waals surface area contributed by atoms with Crippen molar-refractivity contribution >= 4 is 17.6 Å². The van der Waals surface area contributed by atoms with Gasteiger partial charge in [0.15, 0.2) is 0 Å². The molecule has 1 heterocycles. The number of urea groups is 1. The number of anilines is 1. The Labute approximate surface area is 150 Å². The third kappa shape index (κ3) is 7.56. The van der Waals surface area contributed by atoms with Gasteiger partial charge in [-0.1, -0.05) is 32.0 Å². The van der Waals surface area contributed by atoms with E-state index in [4.69, 9.17) is 0 Å². The van der Waals surface area contributed by atoms with Crippen LogP contribution in [-0.2, 0) is 4.79 Å². The van der Waals surface area contributed by atoms with E-state index in [0.29, 0.717) is 24.9 Å². The minimum Gasteiger partial charge on any atom is -0.338 e. The number of para-hydroxylation sites is 1. The number of nitrogens with one attached hydrogen (secondary N) is 3. The van der Waals surface area contributed by atoms with Crippen LogP contribution in [0.1, 0.15) is 26.7 Å². The zero-order valence-corrected chi connectivity index (χ0v) is 15.3. The Kier molecular flexibility index (Phi) is 7.73. The first-order chi connectivity index (χ1) is 12.0. The van der Waals surface area contributed by atoms with Crippen LogP contribution in [0.2, 0.25) is 0 Å². The monoisotopic (exact) mass is 346 g/mol. The van der Waals surface area contributed by atoms with Crippen molar-refractivity contribution in [3.63, 3.8) is 0 Å². The molecule has 1 fully saturated rings. The summed E-state index contributed by atoms with van der Waals surface area (Å²) in [5.41, 5.74) is 0.768. The van der Waals surface area contributed by atoms with Crippen molar-refractivity contribution in [1.29, 1.82) is 0 Å². The standard InChI is InChI=1S/C19H30N4O2/c1-15(2)13-23-11-9-16(14-23)12-21-19(25)20-10-8-18(24)22-17-6-4-3-5-7-17/h3-7,15-16H,8-14H2,1-2H3,(H,22,24)(H2,20,21,25). The third-order valence-electron chi connectivity index (χ3n) is 4.24. The van der Waals surface area contributed by atoms with Crippen LogP contribution in [0, 0.1) is 11.8 Å². The molecule has 6 nitrogen and oxygen atoms in total. The molecular formula is C19H30N4O2. The molecule has 0 aliphatic carbocycles. The summed E-state index contributed by atoms with van der Waals surface area (Å²) < 4.78 is 0. The molecule has 0 aromatic heterocycles. The van der Waals surface area contributed by atoms with E-state index < -0.39 is 0 Å². The summed E-state index contributed by atoms with van der Waals surface area (Å²) in [5, 5.41) is 8.45. The van der Waals surface area contributed by atoms with Crippen LogP contribution < -0.4 is 16.0 Å². The van der Waals surface area contributed by atoms with Gasteiger partial charge in [-0.05, 0) is 36.9 Å². The normalized spacial score (nSPS) is 17.5. The predicted molar refractivity (Wildman–Crippen MR) is 100 cm³/mol. The molecule has 0 spiro atoms. The van der Waals surface area contributed by atoms with Gasteiger partial charge in [0.05, 0.1) is 0 Å². The van der Waals surface area contributed by atoms with Gasteiger partial charge in [-0.3, -0.25) is 4.79 Å². The van der Waals surface area contributed by atoms with Gasteiger partial charge in [0.2, 0.25) is 5.91 Å². The minimum atomic E-state index is -0.199. The molecule has 6 heteroatoms. The van der Waals surface area contributed by atoms with E-state index in [9.17, 15) is 9.59 Å². The molecule has 3 amide bonds. The van der Waals surface area contributed by atoms with E-state index in [1.54, 1.807) is 0 Å². The zero-order chi connectivity index (χ0) is 18.1. The van der Waals surface area contributed by atoms with Gasteiger partial charge in [-0.25, -0.2) is 4.79 Å². The highest BCUT2D eigenvalue weighted by molar-refractivity contribution is 5.91. The first kappa shape index (κ1) is 19.2. The molecule has 1 aromatic carbocycles. The van der Waals surface area contributed by atoms with Crippen LogP contribution in [0.3, 0.4) is 0 Å². The summed E-state index contributed by atoms with van der Waals surface area (Å²) in [7, 11) is 0. The molecule has 1 unspecified atom stereocenters. The first-order valence-electron chi connectivity index (χ1n) is 9.12. The highest BCUT2D eigenvalue weighted by Crippen LogP contribution is 2.16. The Morgan fingerprint density at radius 1 is 1.20 bits per heavy atom. The van der Waals surface area contributed by atoms with Crippen LogP contribution >= 0.6 is 0 Å². The average Bonchev–Trinajstić information content (AvgIpc) is 3.00. The number of carbonyl (C=O) groups excluding carboxylic acids is 2. The second-order valence-electron chi connectivity index (χ2n) is 7.11. The molecule has 1 aromatic rings. The number of amides is 3. The summed E-state index contributed by atoms with van der Waals surface area (Å²) in [6, 6.07) is 9.10. The fraction of sp³-hybridized carbons (Fsp3) is 0.579. The maximum absolute atomic E-state index is 11.8. The Hall–Kier alpha value is -2.08. The molecule has 1 saturated heterocycles. The number of hydrogen-bond donors (Lipinski definition) is 3. The lowest BCUT2D eigenvalue weighted by Crippen LogP contribution is -2.40.